The summed E-state index contributed by atoms with van der Waals surface area (Å²) in [4.78, 5) is 4.13. The summed E-state index contributed by atoms with van der Waals surface area (Å²) >= 11 is 5.71. The summed E-state index contributed by atoms with van der Waals surface area (Å²) in [5.74, 6) is 0.454. The predicted molar refractivity (Wildman–Crippen MR) is 77.7 cm³/mol. The molecule has 1 aromatic carbocycles. The number of hydrogen-bond donors (Lipinski definition) is 1. The van der Waals surface area contributed by atoms with Crippen LogP contribution in [0.15, 0.2) is 36.5 Å². The second kappa shape index (κ2) is 7.22. The van der Waals surface area contributed by atoms with E-state index in [9.17, 15) is 4.39 Å². The largest absolute Gasteiger partial charge is 0.439 e. The first kappa shape index (κ1) is 14.8. The van der Waals surface area contributed by atoms with Crippen molar-refractivity contribution in [2.75, 3.05) is 6.54 Å². The van der Waals surface area contributed by atoms with Crippen LogP contribution in [0.2, 0.25) is 5.02 Å². The van der Waals surface area contributed by atoms with Crippen molar-refractivity contribution in [1.82, 2.24) is 10.3 Å². The molecule has 0 saturated heterocycles. The van der Waals surface area contributed by atoms with Crippen LogP contribution in [0, 0.1) is 5.82 Å². The molecule has 0 fully saturated rings. The Balaban J connectivity index is 2.05. The number of benzene rings is 1. The molecule has 20 heavy (non-hydrogen) atoms. The summed E-state index contributed by atoms with van der Waals surface area (Å²) in [5.41, 5.74) is 1.08. The number of nitrogens with one attached hydrogen (secondary N) is 1. The number of halogens is 2. The summed E-state index contributed by atoms with van der Waals surface area (Å²) in [6.45, 7) is 3.84. The first-order chi connectivity index (χ1) is 9.69. The van der Waals surface area contributed by atoms with E-state index < -0.39 is 5.82 Å². The maximum atomic E-state index is 13.1. The van der Waals surface area contributed by atoms with Crippen molar-refractivity contribution in [3.8, 4) is 11.6 Å². The Kier molecular flexibility index (Phi) is 5.32. The zero-order valence-electron chi connectivity index (χ0n) is 11.2. The van der Waals surface area contributed by atoms with Crippen LogP contribution >= 0.6 is 11.6 Å². The molecule has 0 saturated carbocycles. The SMILES string of the molecule is CCCNCc1ccnc(Oc2ccc(F)c(Cl)c2)c1. The van der Waals surface area contributed by atoms with Gasteiger partial charge in [0.2, 0.25) is 5.88 Å². The normalized spacial score (nSPS) is 10.6. The summed E-state index contributed by atoms with van der Waals surface area (Å²) < 4.78 is 18.6. The first-order valence-electron chi connectivity index (χ1n) is 6.47. The molecule has 5 heteroatoms. The average Bonchev–Trinajstić information content (AvgIpc) is 2.44. The molecule has 0 aliphatic heterocycles. The molecule has 0 unspecified atom stereocenters. The molecule has 0 aliphatic rings. The van der Waals surface area contributed by atoms with Crippen molar-refractivity contribution in [2.24, 2.45) is 0 Å². The molecule has 0 atom stereocenters. The summed E-state index contributed by atoms with van der Waals surface area (Å²) in [7, 11) is 0. The smallest absolute Gasteiger partial charge is 0.219 e. The van der Waals surface area contributed by atoms with Crippen molar-refractivity contribution < 1.29 is 9.13 Å². The Morgan fingerprint density at radius 1 is 1.30 bits per heavy atom. The molecule has 0 spiro atoms. The number of aromatic nitrogens is 1. The lowest BCUT2D eigenvalue weighted by Gasteiger charge is -2.08. The summed E-state index contributed by atoms with van der Waals surface area (Å²) in [5, 5.41) is 3.34. The van der Waals surface area contributed by atoms with Gasteiger partial charge >= 0.3 is 0 Å². The van der Waals surface area contributed by atoms with E-state index >= 15 is 0 Å². The Hall–Kier alpha value is -1.65. The van der Waals surface area contributed by atoms with Crippen LogP contribution in [-0.2, 0) is 6.54 Å². The quantitative estimate of drug-likeness (QED) is 0.812. The van der Waals surface area contributed by atoms with Crippen molar-refractivity contribution in [3.05, 3.63) is 52.9 Å². The van der Waals surface area contributed by atoms with Crippen LogP contribution < -0.4 is 10.1 Å². The average molecular weight is 295 g/mol. The zero-order chi connectivity index (χ0) is 14.4. The van der Waals surface area contributed by atoms with Crippen LogP contribution in [0.4, 0.5) is 4.39 Å². The number of nitrogens with zero attached hydrogens (tertiary/aromatic N) is 1. The summed E-state index contributed by atoms with van der Waals surface area (Å²) in [6, 6.07) is 7.99. The van der Waals surface area contributed by atoms with E-state index in [0.717, 1.165) is 25.1 Å². The second-order valence-electron chi connectivity index (χ2n) is 4.36. The van der Waals surface area contributed by atoms with Gasteiger partial charge < -0.3 is 10.1 Å². The lowest BCUT2D eigenvalue weighted by molar-refractivity contribution is 0.460. The van der Waals surface area contributed by atoms with E-state index in [1.807, 2.05) is 12.1 Å². The van der Waals surface area contributed by atoms with Gasteiger partial charge in [-0.05, 0) is 36.7 Å². The van der Waals surface area contributed by atoms with Gasteiger partial charge in [-0.3, -0.25) is 0 Å². The molecule has 1 heterocycles. The maximum absolute atomic E-state index is 13.1. The Morgan fingerprint density at radius 3 is 2.90 bits per heavy atom. The predicted octanol–water partition coefficient (Wildman–Crippen LogP) is 4.17. The molecule has 0 bridgehead atoms. The molecule has 106 valence electrons. The summed E-state index contributed by atoms with van der Waals surface area (Å²) in [6.07, 6.45) is 2.77. The molecule has 0 radical (unpaired) electrons. The van der Waals surface area contributed by atoms with Gasteiger partial charge in [0.15, 0.2) is 0 Å². The highest BCUT2D eigenvalue weighted by atomic mass is 35.5. The van der Waals surface area contributed by atoms with Gasteiger partial charge in [0.25, 0.3) is 0 Å². The van der Waals surface area contributed by atoms with Crippen LogP contribution in [-0.4, -0.2) is 11.5 Å². The highest BCUT2D eigenvalue weighted by Crippen LogP contribution is 2.25. The molecule has 1 aromatic heterocycles. The molecule has 3 nitrogen and oxygen atoms in total. The van der Waals surface area contributed by atoms with E-state index in [1.165, 1.54) is 18.2 Å². The van der Waals surface area contributed by atoms with Crippen LogP contribution in [0.25, 0.3) is 0 Å². The molecule has 2 aromatic rings. The third kappa shape index (κ3) is 4.18. The van der Waals surface area contributed by atoms with E-state index in [0.29, 0.717) is 11.6 Å². The van der Waals surface area contributed by atoms with Crippen molar-refractivity contribution in [3.63, 3.8) is 0 Å². The molecule has 0 amide bonds. The van der Waals surface area contributed by atoms with Crippen LogP contribution in [0.1, 0.15) is 18.9 Å². The minimum Gasteiger partial charge on any atom is -0.439 e. The standard InChI is InChI=1S/C15H16ClFN2O/c1-2-6-18-10-11-5-7-19-15(8-11)20-12-3-4-14(17)13(16)9-12/h3-5,7-9,18H,2,6,10H2,1H3. The van der Waals surface area contributed by atoms with Gasteiger partial charge in [-0.2, -0.15) is 0 Å². The fourth-order valence-corrected chi connectivity index (χ4v) is 1.86. The van der Waals surface area contributed by atoms with Crippen molar-refractivity contribution in [2.45, 2.75) is 19.9 Å². The van der Waals surface area contributed by atoms with Crippen LogP contribution in [0.3, 0.4) is 0 Å². The van der Waals surface area contributed by atoms with Gasteiger partial charge in [0.1, 0.15) is 11.6 Å². The van der Waals surface area contributed by atoms with Gasteiger partial charge in [-0.15, -0.1) is 0 Å². The topological polar surface area (TPSA) is 34.2 Å². The fraction of sp³-hybridized carbons (Fsp3) is 0.267. The van der Waals surface area contributed by atoms with E-state index in [2.05, 4.69) is 17.2 Å². The molecular weight excluding hydrogens is 279 g/mol. The van der Waals surface area contributed by atoms with Crippen molar-refractivity contribution in [1.29, 1.82) is 0 Å². The molecular formula is C15H16ClFN2O. The monoisotopic (exact) mass is 294 g/mol. The number of hydrogen-bond acceptors (Lipinski definition) is 3. The fourth-order valence-electron chi connectivity index (χ4n) is 1.69. The minimum atomic E-state index is -0.468. The Bertz CT molecular complexity index is 578. The van der Waals surface area contributed by atoms with E-state index in [4.69, 9.17) is 16.3 Å². The number of rotatable bonds is 6. The highest BCUT2D eigenvalue weighted by molar-refractivity contribution is 6.30. The van der Waals surface area contributed by atoms with E-state index in [-0.39, 0.29) is 5.02 Å². The number of pyridine rings is 1. The molecule has 2 rings (SSSR count). The molecule has 0 aliphatic carbocycles. The zero-order valence-corrected chi connectivity index (χ0v) is 12.0. The highest BCUT2D eigenvalue weighted by Gasteiger charge is 2.04. The third-order valence-electron chi connectivity index (χ3n) is 2.67. The lowest BCUT2D eigenvalue weighted by Crippen LogP contribution is -2.13. The third-order valence-corrected chi connectivity index (χ3v) is 2.96. The minimum absolute atomic E-state index is 0.0308. The first-order valence-corrected chi connectivity index (χ1v) is 6.85. The van der Waals surface area contributed by atoms with Gasteiger partial charge in [0.05, 0.1) is 5.02 Å². The maximum Gasteiger partial charge on any atom is 0.219 e. The lowest BCUT2D eigenvalue weighted by atomic mass is 10.2. The van der Waals surface area contributed by atoms with Crippen molar-refractivity contribution >= 4 is 11.6 Å². The number of ether oxygens (including phenoxy) is 1. The van der Waals surface area contributed by atoms with Gasteiger partial charge in [0, 0.05) is 24.9 Å². The second-order valence-corrected chi connectivity index (χ2v) is 4.76. The van der Waals surface area contributed by atoms with Gasteiger partial charge in [-0.1, -0.05) is 18.5 Å². The molecule has 1 N–H and O–H groups in total. The van der Waals surface area contributed by atoms with E-state index in [1.54, 1.807) is 6.20 Å². The Labute approximate surface area is 122 Å². The van der Waals surface area contributed by atoms with Gasteiger partial charge in [-0.25, -0.2) is 9.37 Å². The van der Waals surface area contributed by atoms with Crippen LogP contribution in [0.5, 0.6) is 11.6 Å². The Morgan fingerprint density at radius 2 is 2.15 bits per heavy atom.